The number of carbonyl (C=O) groups is 1. The van der Waals surface area contributed by atoms with Crippen LogP contribution in [0, 0.1) is 6.92 Å². The molecule has 0 spiro atoms. The zero-order chi connectivity index (χ0) is 19.2. The molecule has 27 heavy (non-hydrogen) atoms. The van der Waals surface area contributed by atoms with Crippen LogP contribution in [0.3, 0.4) is 0 Å². The van der Waals surface area contributed by atoms with E-state index < -0.39 is 0 Å². The number of nitrogens with zero attached hydrogens (tertiary/aromatic N) is 1. The third-order valence-electron chi connectivity index (χ3n) is 5.12. The highest BCUT2D eigenvalue weighted by Gasteiger charge is 2.29. The average molecular weight is 368 g/mol. The van der Waals surface area contributed by atoms with Gasteiger partial charge < -0.3 is 14.8 Å². The molecule has 1 saturated heterocycles. The Kier molecular flexibility index (Phi) is 6.35. The Bertz CT molecular complexity index is 774. The van der Waals surface area contributed by atoms with E-state index in [1.165, 1.54) is 5.56 Å². The van der Waals surface area contributed by atoms with Crippen molar-refractivity contribution in [1.29, 1.82) is 0 Å². The van der Waals surface area contributed by atoms with Crippen molar-refractivity contribution in [3.05, 3.63) is 59.2 Å². The number of methoxy groups -OCH3 is 2. The molecule has 2 aromatic carbocycles. The van der Waals surface area contributed by atoms with E-state index in [4.69, 9.17) is 9.47 Å². The number of rotatable bonds is 7. The standard InChI is InChI=1S/C22H28N2O3/c1-16-6-8-17(9-7-16)14-23-22(25)15-24-12-4-5-20(24)19-11-10-18(26-2)13-21(19)27-3/h6-11,13,20H,4-5,12,14-15H2,1-3H3,(H,23,25)/t20-/m0/s1. The van der Waals surface area contributed by atoms with Crippen molar-refractivity contribution < 1.29 is 14.3 Å². The van der Waals surface area contributed by atoms with Gasteiger partial charge in [-0.2, -0.15) is 0 Å². The first-order valence-corrected chi connectivity index (χ1v) is 9.39. The molecule has 1 fully saturated rings. The van der Waals surface area contributed by atoms with Crippen molar-refractivity contribution >= 4 is 5.91 Å². The predicted molar refractivity (Wildman–Crippen MR) is 106 cm³/mol. The molecule has 0 aliphatic carbocycles. The molecule has 1 aliphatic rings. The molecule has 0 bridgehead atoms. The quantitative estimate of drug-likeness (QED) is 0.813. The van der Waals surface area contributed by atoms with E-state index in [1.807, 2.05) is 18.2 Å². The number of ether oxygens (including phenoxy) is 2. The van der Waals surface area contributed by atoms with Crippen molar-refractivity contribution in [2.24, 2.45) is 0 Å². The average Bonchev–Trinajstić information content (AvgIpc) is 3.14. The number of hydrogen-bond acceptors (Lipinski definition) is 4. The van der Waals surface area contributed by atoms with Gasteiger partial charge in [0.25, 0.3) is 0 Å². The van der Waals surface area contributed by atoms with Gasteiger partial charge >= 0.3 is 0 Å². The summed E-state index contributed by atoms with van der Waals surface area (Å²) >= 11 is 0. The molecule has 1 aliphatic heterocycles. The molecule has 0 saturated carbocycles. The minimum absolute atomic E-state index is 0.0509. The molecule has 1 N–H and O–H groups in total. The van der Waals surface area contributed by atoms with Crippen molar-refractivity contribution in [3.8, 4) is 11.5 Å². The number of hydrogen-bond donors (Lipinski definition) is 1. The van der Waals surface area contributed by atoms with Gasteiger partial charge in [0.15, 0.2) is 0 Å². The zero-order valence-corrected chi connectivity index (χ0v) is 16.3. The lowest BCUT2D eigenvalue weighted by molar-refractivity contribution is -0.122. The Labute approximate surface area is 161 Å². The van der Waals surface area contributed by atoms with Crippen LogP contribution in [-0.4, -0.2) is 38.1 Å². The Hall–Kier alpha value is -2.53. The molecule has 2 aromatic rings. The van der Waals surface area contributed by atoms with E-state index in [-0.39, 0.29) is 11.9 Å². The summed E-state index contributed by atoms with van der Waals surface area (Å²) in [6, 6.07) is 14.3. The zero-order valence-electron chi connectivity index (χ0n) is 16.3. The molecule has 1 heterocycles. The number of likely N-dealkylation sites (tertiary alicyclic amines) is 1. The van der Waals surface area contributed by atoms with Crippen LogP contribution < -0.4 is 14.8 Å². The molecule has 5 heteroatoms. The van der Waals surface area contributed by atoms with Crippen molar-refractivity contribution in [1.82, 2.24) is 10.2 Å². The Balaban J connectivity index is 1.62. The van der Waals surface area contributed by atoms with Crippen LogP contribution in [0.4, 0.5) is 0 Å². The van der Waals surface area contributed by atoms with Crippen LogP contribution in [0.25, 0.3) is 0 Å². The first-order valence-electron chi connectivity index (χ1n) is 9.39. The Morgan fingerprint density at radius 2 is 1.93 bits per heavy atom. The van der Waals surface area contributed by atoms with Gasteiger partial charge in [0.2, 0.25) is 5.91 Å². The van der Waals surface area contributed by atoms with Gasteiger partial charge in [-0.05, 0) is 37.9 Å². The first kappa shape index (κ1) is 19.2. The normalized spacial score (nSPS) is 16.9. The lowest BCUT2D eigenvalue weighted by Crippen LogP contribution is -2.36. The minimum Gasteiger partial charge on any atom is -0.497 e. The lowest BCUT2D eigenvalue weighted by Gasteiger charge is -2.26. The minimum atomic E-state index is 0.0509. The van der Waals surface area contributed by atoms with Gasteiger partial charge in [0.05, 0.1) is 20.8 Å². The number of carbonyl (C=O) groups excluding carboxylic acids is 1. The van der Waals surface area contributed by atoms with Crippen LogP contribution in [0.15, 0.2) is 42.5 Å². The highest BCUT2D eigenvalue weighted by molar-refractivity contribution is 5.78. The third kappa shape index (κ3) is 4.80. The maximum absolute atomic E-state index is 12.5. The topological polar surface area (TPSA) is 50.8 Å². The molecule has 0 radical (unpaired) electrons. The van der Waals surface area contributed by atoms with E-state index in [2.05, 4.69) is 41.4 Å². The van der Waals surface area contributed by atoms with Crippen LogP contribution in [0.2, 0.25) is 0 Å². The summed E-state index contributed by atoms with van der Waals surface area (Å²) in [7, 11) is 3.32. The van der Waals surface area contributed by atoms with Crippen LogP contribution >= 0.6 is 0 Å². The molecule has 144 valence electrons. The second kappa shape index (κ2) is 8.91. The fourth-order valence-corrected chi connectivity index (χ4v) is 3.61. The molecule has 0 aromatic heterocycles. The van der Waals surface area contributed by atoms with Gasteiger partial charge in [-0.15, -0.1) is 0 Å². The molecule has 1 atom stereocenters. The summed E-state index contributed by atoms with van der Waals surface area (Å²) in [5.41, 5.74) is 3.45. The summed E-state index contributed by atoms with van der Waals surface area (Å²) in [6.07, 6.45) is 2.10. The van der Waals surface area contributed by atoms with Gasteiger partial charge in [-0.25, -0.2) is 0 Å². The molecule has 3 rings (SSSR count). The molecular weight excluding hydrogens is 340 g/mol. The molecule has 1 amide bonds. The fourth-order valence-electron chi connectivity index (χ4n) is 3.61. The highest BCUT2D eigenvalue weighted by atomic mass is 16.5. The largest absolute Gasteiger partial charge is 0.497 e. The van der Waals surface area contributed by atoms with Crippen LogP contribution in [0.1, 0.15) is 35.6 Å². The van der Waals surface area contributed by atoms with E-state index >= 15 is 0 Å². The van der Waals surface area contributed by atoms with Crippen molar-refractivity contribution in [3.63, 3.8) is 0 Å². The molecule has 0 unspecified atom stereocenters. The summed E-state index contributed by atoms with van der Waals surface area (Å²) in [5.74, 6) is 1.64. The fraction of sp³-hybridized carbons (Fsp3) is 0.409. The van der Waals surface area contributed by atoms with Crippen molar-refractivity contribution in [2.75, 3.05) is 27.3 Å². The Morgan fingerprint density at radius 1 is 1.15 bits per heavy atom. The second-order valence-corrected chi connectivity index (χ2v) is 7.00. The number of amides is 1. The van der Waals surface area contributed by atoms with Crippen LogP contribution in [0.5, 0.6) is 11.5 Å². The first-order chi connectivity index (χ1) is 13.1. The number of nitrogens with one attached hydrogen (secondary N) is 1. The SMILES string of the molecule is COc1ccc([C@@H]2CCCN2CC(=O)NCc2ccc(C)cc2)c(OC)c1. The lowest BCUT2D eigenvalue weighted by atomic mass is 10.0. The summed E-state index contributed by atoms with van der Waals surface area (Å²) in [5, 5.41) is 3.03. The predicted octanol–water partition coefficient (Wildman–Crippen LogP) is 3.47. The van der Waals surface area contributed by atoms with Crippen molar-refractivity contribution in [2.45, 2.75) is 32.4 Å². The van der Waals surface area contributed by atoms with Gasteiger partial charge in [-0.1, -0.05) is 35.9 Å². The summed E-state index contributed by atoms with van der Waals surface area (Å²) in [6.45, 7) is 3.93. The molecule has 5 nitrogen and oxygen atoms in total. The monoisotopic (exact) mass is 368 g/mol. The maximum Gasteiger partial charge on any atom is 0.234 e. The summed E-state index contributed by atoms with van der Waals surface area (Å²) in [4.78, 5) is 14.7. The smallest absolute Gasteiger partial charge is 0.234 e. The van der Waals surface area contributed by atoms with Crippen LogP contribution in [-0.2, 0) is 11.3 Å². The Morgan fingerprint density at radius 3 is 2.63 bits per heavy atom. The van der Waals surface area contributed by atoms with Gasteiger partial charge in [0, 0.05) is 24.2 Å². The van der Waals surface area contributed by atoms with E-state index in [0.29, 0.717) is 13.1 Å². The maximum atomic E-state index is 12.5. The van der Waals surface area contributed by atoms with Gasteiger partial charge in [0.1, 0.15) is 11.5 Å². The van der Waals surface area contributed by atoms with Gasteiger partial charge in [-0.3, -0.25) is 9.69 Å². The van der Waals surface area contributed by atoms with E-state index in [0.717, 1.165) is 42.0 Å². The second-order valence-electron chi connectivity index (χ2n) is 7.00. The number of benzene rings is 2. The van der Waals surface area contributed by atoms with E-state index in [9.17, 15) is 4.79 Å². The number of aryl methyl sites for hydroxylation is 1. The third-order valence-corrected chi connectivity index (χ3v) is 5.12. The van der Waals surface area contributed by atoms with E-state index in [1.54, 1.807) is 14.2 Å². The summed E-state index contributed by atoms with van der Waals surface area (Å²) < 4.78 is 10.9. The molecular formula is C22H28N2O3. The highest BCUT2D eigenvalue weighted by Crippen LogP contribution is 2.38.